The quantitative estimate of drug-likeness (QED) is 0.890. The minimum Gasteiger partial charge on any atom is -0.493 e. The van der Waals surface area contributed by atoms with Gasteiger partial charge < -0.3 is 20.1 Å². The number of anilines is 2. The van der Waals surface area contributed by atoms with E-state index < -0.39 is 0 Å². The van der Waals surface area contributed by atoms with Crippen LogP contribution in [0.4, 0.5) is 11.8 Å². The Kier molecular flexibility index (Phi) is 4.92. The van der Waals surface area contributed by atoms with Crippen molar-refractivity contribution in [3.8, 4) is 11.5 Å². The fourth-order valence-electron chi connectivity index (χ4n) is 3.30. The van der Waals surface area contributed by atoms with Gasteiger partial charge in [-0.2, -0.15) is 4.98 Å². The average Bonchev–Trinajstić information content (AvgIpc) is 2.66. The number of ketones is 1. The molecule has 0 bridgehead atoms. The Morgan fingerprint density at radius 1 is 1.20 bits per heavy atom. The SMILES string of the molecule is CCC(=O)C1CCN(c2nc(N)c3cc(OC)c(OC)cc3n2)CC1. The number of nitrogens with two attached hydrogens (primary N) is 1. The molecular weight excluding hydrogens is 320 g/mol. The summed E-state index contributed by atoms with van der Waals surface area (Å²) in [6.07, 6.45) is 2.27. The number of ether oxygens (including phenoxy) is 2. The van der Waals surface area contributed by atoms with E-state index in [4.69, 9.17) is 15.2 Å². The number of benzene rings is 1. The van der Waals surface area contributed by atoms with Crippen LogP contribution in [-0.2, 0) is 4.79 Å². The zero-order valence-electron chi connectivity index (χ0n) is 14.9. The number of piperidine rings is 1. The predicted molar refractivity (Wildman–Crippen MR) is 97.3 cm³/mol. The molecule has 7 nitrogen and oxygen atoms in total. The Hall–Kier alpha value is -2.57. The number of nitrogen functional groups attached to an aromatic ring is 1. The number of aromatic nitrogens is 2. The van der Waals surface area contributed by atoms with Gasteiger partial charge in [-0.3, -0.25) is 4.79 Å². The standard InChI is InChI=1S/C18H24N4O3/c1-4-14(23)11-5-7-22(8-6-11)18-20-13-10-16(25-3)15(24-2)9-12(13)17(19)21-18/h9-11H,4-8H2,1-3H3,(H2,19,20,21). The molecule has 0 amide bonds. The van der Waals surface area contributed by atoms with Crippen LogP contribution in [0.3, 0.4) is 0 Å². The first kappa shape index (κ1) is 17.3. The van der Waals surface area contributed by atoms with Gasteiger partial charge in [-0.25, -0.2) is 4.98 Å². The molecule has 0 saturated carbocycles. The summed E-state index contributed by atoms with van der Waals surface area (Å²) in [6, 6.07) is 3.60. The summed E-state index contributed by atoms with van der Waals surface area (Å²) >= 11 is 0. The lowest BCUT2D eigenvalue weighted by Crippen LogP contribution is -2.37. The molecule has 1 aliphatic rings. The number of hydrogen-bond donors (Lipinski definition) is 1. The van der Waals surface area contributed by atoms with Gasteiger partial charge in [0, 0.05) is 36.9 Å². The normalized spacial score (nSPS) is 15.4. The van der Waals surface area contributed by atoms with E-state index in [9.17, 15) is 4.79 Å². The van der Waals surface area contributed by atoms with E-state index >= 15 is 0 Å². The number of nitrogens with zero attached hydrogens (tertiary/aromatic N) is 3. The monoisotopic (exact) mass is 344 g/mol. The van der Waals surface area contributed by atoms with Crippen molar-refractivity contribution in [2.24, 2.45) is 5.92 Å². The second-order valence-electron chi connectivity index (χ2n) is 6.21. The Balaban J connectivity index is 1.89. The van der Waals surface area contributed by atoms with Gasteiger partial charge in [0.15, 0.2) is 11.5 Å². The van der Waals surface area contributed by atoms with Crippen molar-refractivity contribution in [3.05, 3.63) is 12.1 Å². The van der Waals surface area contributed by atoms with Gasteiger partial charge >= 0.3 is 0 Å². The number of hydrogen-bond acceptors (Lipinski definition) is 7. The third-order valence-corrected chi connectivity index (χ3v) is 4.80. The summed E-state index contributed by atoms with van der Waals surface area (Å²) in [5.41, 5.74) is 6.86. The lowest BCUT2D eigenvalue weighted by molar-refractivity contribution is -0.123. The van der Waals surface area contributed by atoms with Crippen LogP contribution in [-0.4, -0.2) is 43.1 Å². The van der Waals surface area contributed by atoms with Crippen molar-refractivity contribution in [2.45, 2.75) is 26.2 Å². The molecule has 1 aliphatic heterocycles. The molecule has 2 aromatic rings. The van der Waals surface area contributed by atoms with Crippen LogP contribution in [0.1, 0.15) is 26.2 Å². The zero-order valence-corrected chi connectivity index (χ0v) is 14.9. The minimum absolute atomic E-state index is 0.156. The molecule has 1 aromatic carbocycles. The minimum atomic E-state index is 0.156. The summed E-state index contributed by atoms with van der Waals surface area (Å²) in [4.78, 5) is 23.1. The van der Waals surface area contributed by atoms with Crippen molar-refractivity contribution >= 4 is 28.5 Å². The highest BCUT2D eigenvalue weighted by Gasteiger charge is 2.25. The third kappa shape index (κ3) is 3.31. The van der Waals surface area contributed by atoms with Crippen molar-refractivity contribution in [3.63, 3.8) is 0 Å². The fraction of sp³-hybridized carbons (Fsp3) is 0.500. The number of carbonyl (C=O) groups is 1. The second-order valence-corrected chi connectivity index (χ2v) is 6.21. The van der Waals surface area contributed by atoms with Crippen LogP contribution in [0.15, 0.2) is 12.1 Å². The molecule has 25 heavy (non-hydrogen) atoms. The highest BCUT2D eigenvalue weighted by Crippen LogP contribution is 2.34. The van der Waals surface area contributed by atoms with E-state index in [1.807, 2.05) is 13.0 Å². The number of methoxy groups -OCH3 is 2. The molecule has 0 unspecified atom stereocenters. The summed E-state index contributed by atoms with van der Waals surface area (Å²) in [5.74, 6) is 2.70. The first-order valence-electron chi connectivity index (χ1n) is 8.54. The molecule has 0 aliphatic carbocycles. The van der Waals surface area contributed by atoms with Crippen molar-refractivity contribution < 1.29 is 14.3 Å². The van der Waals surface area contributed by atoms with E-state index in [1.165, 1.54) is 0 Å². The Bertz CT molecular complexity index is 785. The molecule has 0 radical (unpaired) electrons. The van der Waals surface area contributed by atoms with Crippen LogP contribution in [0.2, 0.25) is 0 Å². The van der Waals surface area contributed by atoms with Crippen LogP contribution in [0, 0.1) is 5.92 Å². The first-order chi connectivity index (χ1) is 12.1. The third-order valence-electron chi connectivity index (χ3n) is 4.80. The Morgan fingerprint density at radius 2 is 1.84 bits per heavy atom. The van der Waals surface area contributed by atoms with Gasteiger partial charge in [0.25, 0.3) is 0 Å². The van der Waals surface area contributed by atoms with Crippen LogP contribution >= 0.6 is 0 Å². The Labute approximate surface area is 147 Å². The summed E-state index contributed by atoms with van der Waals surface area (Å²) in [6.45, 7) is 3.44. The van der Waals surface area contributed by atoms with E-state index in [1.54, 1.807) is 20.3 Å². The molecule has 7 heteroatoms. The maximum absolute atomic E-state index is 11.9. The molecule has 1 fully saturated rings. The lowest BCUT2D eigenvalue weighted by Gasteiger charge is -2.31. The molecule has 1 aromatic heterocycles. The number of fused-ring (bicyclic) bond motifs is 1. The van der Waals surface area contributed by atoms with Gasteiger partial charge in [-0.1, -0.05) is 6.92 Å². The van der Waals surface area contributed by atoms with E-state index in [0.29, 0.717) is 41.0 Å². The van der Waals surface area contributed by atoms with E-state index in [2.05, 4.69) is 14.9 Å². The fourth-order valence-corrected chi connectivity index (χ4v) is 3.30. The van der Waals surface area contributed by atoms with Crippen molar-refractivity contribution in [1.82, 2.24) is 9.97 Å². The molecule has 134 valence electrons. The van der Waals surface area contributed by atoms with Crippen molar-refractivity contribution in [1.29, 1.82) is 0 Å². The average molecular weight is 344 g/mol. The predicted octanol–water partition coefficient (Wildman–Crippen LogP) is 2.42. The molecule has 3 rings (SSSR count). The van der Waals surface area contributed by atoms with Gasteiger partial charge in [-0.05, 0) is 18.9 Å². The summed E-state index contributed by atoms with van der Waals surface area (Å²) in [7, 11) is 3.17. The first-order valence-corrected chi connectivity index (χ1v) is 8.54. The Morgan fingerprint density at radius 3 is 2.44 bits per heavy atom. The zero-order chi connectivity index (χ0) is 18.0. The van der Waals surface area contributed by atoms with Gasteiger partial charge in [0.1, 0.15) is 11.6 Å². The van der Waals surface area contributed by atoms with Crippen LogP contribution in [0.25, 0.3) is 10.9 Å². The van der Waals surface area contributed by atoms with Crippen molar-refractivity contribution in [2.75, 3.05) is 37.9 Å². The lowest BCUT2D eigenvalue weighted by atomic mass is 9.91. The molecule has 1 saturated heterocycles. The molecule has 0 spiro atoms. The largest absolute Gasteiger partial charge is 0.493 e. The number of rotatable bonds is 5. The highest BCUT2D eigenvalue weighted by atomic mass is 16.5. The molecular formula is C18H24N4O3. The molecule has 2 N–H and O–H groups in total. The highest BCUT2D eigenvalue weighted by molar-refractivity contribution is 5.91. The second kappa shape index (κ2) is 7.13. The number of carbonyl (C=O) groups excluding carboxylic acids is 1. The van der Waals surface area contributed by atoms with Gasteiger partial charge in [-0.15, -0.1) is 0 Å². The van der Waals surface area contributed by atoms with E-state index in [-0.39, 0.29) is 5.92 Å². The van der Waals surface area contributed by atoms with Gasteiger partial charge in [0.05, 0.1) is 19.7 Å². The maximum Gasteiger partial charge on any atom is 0.227 e. The summed E-state index contributed by atoms with van der Waals surface area (Å²) < 4.78 is 10.7. The molecule has 0 atom stereocenters. The topological polar surface area (TPSA) is 90.6 Å². The smallest absolute Gasteiger partial charge is 0.227 e. The van der Waals surface area contributed by atoms with E-state index in [0.717, 1.165) is 31.3 Å². The molecule has 2 heterocycles. The van der Waals surface area contributed by atoms with Crippen LogP contribution < -0.4 is 20.1 Å². The van der Waals surface area contributed by atoms with Gasteiger partial charge in [0.2, 0.25) is 5.95 Å². The number of Topliss-reactive ketones (excluding diaryl/α,β-unsaturated/α-hetero) is 1. The maximum atomic E-state index is 11.9. The summed E-state index contributed by atoms with van der Waals surface area (Å²) in [5, 5.41) is 0.734. The van der Waals surface area contributed by atoms with Crippen LogP contribution in [0.5, 0.6) is 11.5 Å².